The van der Waals surface area contributed by atoms with Gasteiger partial charge in [-0.25, -0.2) is 4.98 Å². The van der Waals surface area contributed by atoms with E-state index in [-0.39, 0.29) is 5.91 Å². The second-order valence-corrected chi connectivity index (χ2v) is 6.91. The lowest BCUT2D eigenvalue weighted by molar-refractivity contribution is 0.101. The number of nitrogens with zero attached hydrogens (tertiary/aromatic N) is 3. The fourth-order valence-electron chi connectivity index (χ4n) is 3.77. The first-order valence-electron chi connectivity index (χ1n) is 10.2. The van der Waals surface area contributed by atoms with E-state index in [0.717, 1.165) is 41.4 Å². The van der Waals surface area contributed by atoms with Crippen molar-refractivity contribution in [1.82, 2.24) is 14.1 Å². The van der Waals surface area contributed by atoms with Crippen LogP contribution in [0.15, 0.2) is 54.6 Å². The maximum absolute atomic E-state index is 13.2. The second kappa shape index (κ2) is 8.49. The molecular weight excluding hydrogens is 364 g/mol. The highest BCUT2D eigenvalue weighted by Crippen LogP contribution is 2.23. The Balaban J connectivity index is 1.66. The van der Waals surface area contributed by atoms with Gasteiger partial charge < -0.3 is 13.9 Å². The third kappa shape index (κ3) is 3.76. The van der Waals surface area contributed by atoms with E-state index in [0.29, 0.717) is 24.9 Å². The van der Waals surface area contributed by atoms with E-state index in [4.69, 9.17) is 4.74 Å². The van der Waals surface area contributed by atoms with E-state index in [1.54, 1.807) is 0 Å². The van der Waals surface area contributed by atoms with Gasteiger partial charge in [0, 0.05) is 37.2 Å². The molecule has 0 unspecified atom stereocenters. The number of rotatable bonds is 8. The third-order valence-corrected chi connectivity index (χ3v) is 5.11. The van der Waals surface area contributed by atoms with Gasteiger partial charge in [-0.15, -0.1) is 0 Å². The number of fused-ring (bicyclic) bond motifs is 2. The maximum Gasteiger partial charge on any atom is 0.274 e. The van der Waals surface area contributed by atoms with Crippen molar-refractivity contribution in [3.63, 3.8) is 0 Å². The van der Waals surface area contributed by atoms with Gasteiger partial charge in [0.15, 0.2) is 0 Å². The lowest BCUT2D eigenvalue weighted by Crippen LogP contribution is -2.19. The summed E-state index contributed by atoms with van der Waals surface area (Å²) in [6, 6.07) is 17.9. The average molecular weight is 390 g/mol. The van der Waals surface area contributed by atoms with E-state index in [9.17, 15) is 4.79 Å². The minimum atomic E-state index is -0.149. The molecule has 0 aliphatic heterocycles. The normalized spacial score (nSPS) is 11.4. The van der Waals surface area contributed by atoms with Gasteiger partial charge in [-0.05, 0) is 44.5 Å². The summed E-state index contributed by atoms with van der Waals surface area (Å²) in [7, 11) is 0. The molecule has 1 N–H and O–H groups in total. The molecule has 1 amide bonds. The topological polar surface area (TPSA) is 61.1 Å². The Morgan fingerprint density at radius 2 is 1.79 bits per heavy atom. The lowest BCUT2D eigenvalue weighted by atomic mass is 10.2. The van der Waals surface area contributed by atoms with E-state index in [1.807, 2.05) is 73.0 Å². The van der Waals surface area contributed by atoms with Gasteiger partial charge in [0.25, 0.3) is 5.91 Å². The number of ether oxygens (including phenoxy) is 1. The van der Waals surface area contributed by atoms with Crippen molar-refractivity contribution in [2.75, 3.05) is 18.5 Å². The minimum absolute atomic E-state index is 0.149. The minimum Gasteiger partial charge on any atom is -0.382 e. The Labute approximate surface area is 170 Å². The zero-order valence-corrected chi connectivity index (χ0v) is 16.9. The summed E-state index contributed by atoms with van der Waals surface area (Å²) in [6.07, 6.45) is 0.853. The van der Waals surface area contributed by atoms with Crippen molar-refractivity contribution in [3.8, 4) is 0 Å². The van der Waals surface area contributed by atoms with Gasteiger partial charge in [-0.1, -0.05) is 30.3 Å². The number of hydrogen-bond acceptors (Lipinski definition) is 3. The highest BCUT2D eigenvalue weighted by Gasteiger charge is 2.18. The van der Waals surface area contributed by atoms with Crippen molar-refractivity contribution in [1.29, 1.82) is 0 Å². The smallest absolute Gasteiger partial charge is 0.274 e. The number of imidazole rings is 1. The molecule has 2 aromatic carbocycles. The summed E-state index contributed by atoms with van der Waals surface area (Å²) >= 11 is 0. The largest absolute Gasteiger partial charge is 0.382 e. The Morgan fingerprint density at radius 1 is 1.03 bits per heavy atom. The molecule has 0 saturated heterocycles. The number of aryl methyl sites for hydroxylation is 2. The molecule has 0 spiro atoms. The number of aromatic nitrogens is 3. The van der Waals surface area contributed by atoms with Crippen molar-refractivity contribution in [3.05, 3.63) is 60.3 Å². The zero-order valence-electron chi connectivity index (χ0n) is 16.9. The number of para-hydroxylation sites is 3. The van der Waals surface area contributed by atoms with Crippen LogP contribution in [0, 0.1) is 0 Å². The molecule has 4 rings (SSSR count). The molecule has 4 aromatic rings. The van der Waals surface area contributed by atoms with Crippen molar-refractivity contribution in [2.45, 2.75) is 33.4 Å². The predicted octanol–water partition coefficient (Wildman–Crippen LogP) is 4.69. The van der Waals surface area contributed by atoms with Crippen LogP contribution in [0.3, 0.4) is 0 Å². The summed E-state index contributed by atoms with van der Waals surface area (Å²) in [5.41, 5.74) is 3.58. The molecule has 6 nitrogen and oxygen atoms in total. The lowest BCUT2D eigenvalue weighted by Gasteiger charge is -2.11. The Morgan fingerprint density at radius 3 is 2.59 bits per heavy atom. The fraction of sp³-hybridized carbons (Fsp3) is 0.304. The molecule has 2 heterocycles. The van der Waals surface area contributed by atoms with Crippen LogP contribution >= 0.6 is 0 Å². The quantitative estimate of drug-likeness (QED) is 0.444. The van der Waals surface area contributed by atoms with Gasteiger partial charge >= 0.3 is 0 Å². The van der Waals surface area contributed by atoms with E-state index < -0.39 is 0 Å². The van der Waals surface area contributed by atoms with Crippen molar-refractivity contribution >= 4 is 33.8 Å². The van der Waals surface area contributed by atoms with Gasteiger partial charge in [-0.2, -0.15) is 0 Å². The summed E-state index contributed by atoms with van der Waals surface area (Å²) in [6.45, 7) is 6.88. The summed E-state index contributed by atoms with van der Waals surface area (Å²) in [4.78, 5) is 17.8. The monoisotopic (exact) mass is 390 g/mol. The van der Waals surface area contributed by atoms with Crippen LogP contribution in [0.5, 0.6) is 0 Å². The molecule has 0 radical (unpaired) electrons. The van der Waals surface area contributed by atoms with Crippen LogP contribution in [0.1, 0.15) is 30.8 Å². The number of carbonyl (C=O) groups is 1. The molecule has 2 aromatic heterocycles. The highest BCUT2D eigenvalue weighted by molar-refractivity contribution is 6.06. The first-order chi connectivity index (χ1) is 14.2. The van der Waals surface area contributed by atoms with Crippen LogP contribution in [0.4, 0.5) is 5.95 Å². The van der Waals surface area contributed by atoms with Crippen LogP contribution in [-0.2, 0) is 17.8 Å². The number of hydrogen-bond donors (Lipinski definition) is 1. The first kappa shape index (κ1) is 19.2. The second-order valence-electron chi connectivity index (χ2n) is 6.91. The number of anilines is 1. The van der Waals surface area contributed by atoms with E-state index in [2.05, 4.69) is 14.9 Å². The van der Waals surface area contributed by atoms with Gasteiger partial charge in [-0.3, -0.25) is 10.1 Å². The maximum atomic E-state index is 13.2. The molecule has 150 valence electrons. The van der Waals surface area contributed by atoms with Crippen LogP contribution in [0.25, 0.3) is 21.9 Å². The molecule has 0 fully saturated rings. The fourth-order valence-corrected chi connectivity index (χ4v) is 3.77. The number of carbonyl (C=O) groups excluding carboxylic acids is 1. The van der Waals surface area contributed by atoms with Gasteiger partial charge in [0.05, 0.1) is 11.0 Å². The molecule has 0 saturated carbocycles. The summed E-state index contributed by atoms with van der Waals surface area (Å²) in [5.74, 6) is 0.421. The van der Waals surface area contributed by atoms with E-state index >= 15 is 0 Å². The van der Waals surface area contributed by atoms with Crippen molar-refractivity contribution in [2.24, 2.45) is 0 Å². The van der Waals surface area contributed by atoms with Gasteiger partial charge in [0.1, 0.15) is 5.69 Å². The number of nitrogens with one attached hydrogen (secondary N) is 1. The van der Waals surface area contributed by atoms with Crippen LogP contribution in [0.2, 0.25) is 0 Å². The number of benzene rings is 2. The number of amides is 1. The standard InChI is InChI=1S/C23H26N4O2/c1-3-26-19-12-7-5-10-17(19)16-21(26)22(28)25-23-24-18-11-6-8-13-20(18)27(23)14-9-15-29-4-2/h5-8,10-13,16H,3-4,9,14-15H2,1-2H3,(H,24,25,28). The average Bonchev–Trinajstić information content (AvgIpc) is 3.29. The summed E-state index contributed by atoms with van der Waals surface area (Å²) < 4.78 is 9.57. The van der Waals surface area contributed by atoms with Crippen LogP contribution in [-0.4, -0.2) is 33.2 Å². The molecule has 0 aliphatic rings. The van der Waals surface area contributed by atoms with Gasteiger partial charge in [0.2, 0.25) is 5.95 Å². The molecule has 0 bridgehead atoms. The summed E-state index contributed by atoms with van der Waals surface area (Å²) in [5, 5.41) is 4.10. The molecule has 0 aliphatic carbocycles. The molecule has 0 atom stereocenters. The van der Waals surface area contributed by atoms with E-state index in [1.165, 1.54) is 0 Å². The Hall–Kier alpha value is -3.12. The predicted molar refractivity (Wildman–Crippen MR) is 116 cm³/mol. The van der Waals surface area contributed by atoms with Crippen LogP contribution < -0.4 is 5.32 Å². The molecular formula is C23H26N4O2. The third-order valence-electron chi connectivity index (χ3n) is 5.11. The molecule has 29 heavy (non-hydrogen) atoms. The SMILES string of the molecule is CCOCCCn1c(NC(=O)c2cc3ccccc3n2CC)nc2ccccc21. The molecule has 6 heteroatoms. The zero-order chi connectivity index (χ0) is 20.2. The van der Waals surface area contributed by atoms with Crippen molar-refractivity contribution < 1.29 is 9.53 Å². The Bertz CT molecular complexity index is 1140. The highest BCUT2D eigenvalue weighted by atomic mass is 16.5. The Kier molecular flexibility index (Phi) is 5.62. The first-order valence-corrected chi connectivity index (χ1v) is 10.2.